The molecule has 198 valence electrons. The smallest absolute Gasteiger partial charge is 0.407 e. The van der Waals surface area contributed by atoms with Gasteiger partial charge in [-0.2, -0.15) is 0 Å². The summed E-state index contributed by atoms with van der Waals surface area (Å²) in [5.74, 6) is -0.665. The second-order valence-corrected chi connectivity index (χ2v) is 9.88. The topological polar surface area (TPSA) is 137 Å². The number of hydrogen-bond donors (Lipinski definition) is 2. The minimum absolute atomic E-state index is 0.00911. The van der Waals surface area contributed by atoms with Crippen LogP contribution in [-0.4, -0.2) is 90.1 Å². The molecule has 3 aliphatic rings. The number of benzene rings is 1. The highest BCUT2D eigenvalue weighted by atomic mass is 35.5. The van der Waals surface area contributed by atoms with Crippen LogP contribution in [0.25, 0.3) is 11.3 Å². The van der Waals surface area contributed by atoms with Gasteiger partial charge < -0.3 is 34.2 Å². The lowest BCUT2D eigenvalue weighted by molar-refractivity contribution is 0.0390. The molecule has 5 heterocycles. The molecular weight excluding hydrogens is 521 g/mol. The van der Waals surface area contributed by atoms with E-state index in [2.05, 4.69) is 15.2 Å². The van der Waals surface area contributed by atoms with E-state index in [1.165, 1.54) is 23.1 Å². The molecule has 12 nitrogen and oxygen atoms in total. The van der Waals surface area contributed by atoms with Crippen molar-refractivity contribution >= 4 is 29.4 Å². The number of halogens is 2. The monoisotopic (exact) mass is 543 g/mol. The van der Waals surface area contributed by atoms with Gasteiger partial charge in [0, 0.05) is 32.2 Å². The molecule has 1 saturated heterocycles. The predicted octanol–water partition coefficient (Wildman–Crippen LogP) is 2.44. The molecule has 0 aliphatic carbocycles. The lowest BCUT2D eigenvalue weighted by Crippen LogP contribution is -2.57. The summed E-state index contributed by atoms with van der Waals surface area (Å²) < 4.78 is 23.0. The van der Waals surface area contributed by atoms with Crippen molar-refractivity contribution in [3.63, 3.8) is 0 Å². The molecule has 3 aliphatic heterocycles. The van der Waals surface area contributed by atoms with Crippen LogP contribution < -0.4 is 9.64 Å². The Bertz CT molecular complexity index is 1450. The first kappa shape index (κ1) is 24.2. The van der Waals surface area contributed by atoms with Crippen molar-refractivity contribution in [3.8, 4) is 22.8 Å². The molecule has 0 spiro atoms. The van der Waals surface area contributed by atoms with Crippen LogP contribution in [0.15, 0.2) is 24.5 Å². The number of phenols is 1. The van der Waals surface area contributed by atoms with Crippen LogP contribution in [0.3, 0.4) is 0 Å². The van der Waals surface area contributed by atoms with E-state index in [1.807, 2.05) is 16.4 Å². The van der Waals surface area contributed by atoms with Gasteiger partial charge in [-0.05, 0) is 19.1 Å². The van der Waals surface area contributed by atoms with Crippen molar-refractivity contribution in [1.29, 1.82) is 0 Å². The quantitative estimate of drug-likeness (QED) is 0.499. The highest BCUT2D eigenvalue weighted by Gasteiger charge is 2.42. The maximum atomic E-state index is 15.0. The number of aromatic nitrogens is 4. The lowest BCUT2D eigenvalue weighted by atomic mass is 10.0. The van der Waals surface area contributed by atoms with Gasteiger partial charge in [-0.25, -0.2) is 14.2 Å². The summed E-state index contributed by atoms with van der Waals surface area (Å²) in [6.45, 7) is 3.06. The second-order valence-electron chi connectivity index (χ2n) is 9.50. The van der Waals surface area contributed by atoms with E-state index in [9.17, 15) is 19.8 Å². The number of hydrogen-bond acceptors (Lipinski definition) is 8. The van der Waals surface area contributed by atoms with Crippen molar-refractivity contribution in [3.05, 3.63) is 46.8 Å². The minimum Gasteiger partial charge on any atom is -0.507 e. The molecule has 1 unspecified atom stereocenters. The Morgan fingerprint density at radius 1 is 1.21 bits per heavy atom. The SMILES string of the molecule is CC1Cn2cnnc2CN1c1nc(-c2c(O)cccc2F)c(Cl)c2c1C(=O)N1CCN(C(=O)O)C[C@@H]1CO2. The van der Waals surface area contributed by atoms with Crippen LogP contribution in [0.2, 0.25) is 5.02 Å². The molecule has 1 fully saturated rings. The van der Waals surface area contributed by atoms with Crippen molar-refractivity contribution in [2.24, 2.45) is 0 Å². The first-order valence-corrected chi connectivity index (χ1v) is 12.4. The summed E-state index contributed by atoms with van der Waals surface area (Å²) in [5, 5.41) is 28.0. The molecule has 2 N–H and O–H groups in total. The second kappa shape index (κ2) is 9.01. The molecule has 3 aromatic rings. The van der Waals surface area contributed by atoms with E-state index in [-0.39, 0.29) is 78.0 Å². The predicted molar refractivity (Wildman–Crippen MR) is 132 cm³/mol. The molecule has 0 bridgehead atoms. The zero-order valence-corrected chi connectivity index (χ0v) is 21.0. The van der Waals surface area contributed by atoms with Crippen LogP contribution in [0.1, 0.15) is 23.1 Å². The average Bonchev–Trinajstić information content (AvgIpc) is 3.28. The summed E-state index contributed by atoms with van der Waals surface area (Å²) in [6, 6.07) is 3.13. The van der Waals surface area contributed by atoms with E-state index in [4.69, 9.17) is 16.3 Å². The van der Waals surface area contributed by atoms with Gasteiger partial charge in [0.2, 0.25) is 0 Å². The highest BCUT2D eigenvalue weighted by molar-refractivity contribution is 6.35. The summed E-state index contributed by atoms with van der Waals surface area (Å²) >= 11 is 6.74. The number of fused-ring (bicyclic) bond motifs is 3. The minimum atomic E-state index is -1.08. The Kier molecular flexibility index (Phi) is 5.74. The number of ether oxygens (including phenoxy) is 1. The molecular formula is C24H23ClFN7O5. The van der Waals surface area contributed by atoms with Gasteiger partial charge in [0.05, 0.1) is 18.2 Å². The number of phenolic OH excluding ortho intramolecular Hbond substituents is 1. The fourth-order valence-electron chi connectivity index (χ4n) is 5.27. The molecule has 2 aromatic heterocycles. The number of carboxylic acid groups (broad SMARTS) is 1. The summed E-state index contributed by atoms with van der Waals surface area (Å²) in [5.41, 5.74) is -0.194. The average molecular weight is 544 g/mol. The van der Waals surface area contributed by atoms with Gasteiger partial charge in [-0.1, -0.05) is 17.7 Å². The molecule has 0 saturated carbocycles. The van der Waals surface area contributed by atoms with E-state index in [0.717, 1.165) is 0 Å². The molecule has 6 rings (SSSR count). The van der Waals surface area contributed by atoms with E-state index in [1.54, 1.807) is 11.2 Å². The maximum Gasteiger partial charge on any atom is 0.407 e. The Balaban J connectivity index is 1.54. The number of piperazine rings is 1. The molecule has 1 aromatic carbocycles. The third-order valence-electron chi connectivity index (χ3n) is 7.22. The number of pyridine rings is 1. The number of aromatic hydroxyl groups is 1. The first-order chi connectivity index (χ1) is 18.2. The number of amides is 2. The van der Waals surface area contributed by atoms with Gasteiger partial charge in [0.1, 0.15) is 46.6 Å². The molecule has 0 radical (unpaired) electrons. The molecule has 14 heteroatoms. The van der Waals surface area contributed by atoms with Crippen LogP contribution in [0.4, 0.5) is 15.0 Å². The number of carbonyl (C=O) groups is 2. The largest absolute Gasteiger partial charge is 0.507 e. The summed E-state index contributed by atoms with van der Waals surface area (Å²) in [7, 11) is 0. The maximum absolute atomic E-state index is 15.0. The highest BCUT2D eigenvalue weighted by Crippen LogP contribution is 2.46. The summed E-state index contributed by atoms with van der Waals surface area (Å²) in [4.78, 5) is 35.0. The number of anilines is 1. The van der Waals surface area contributed by atoms with E-state index >= 15 is 4.39 Å². The fraction of sp³-hybridized carbons (Fsp3) is 0.375. The Morgan fingerprint density at radius 2 is 2.03 bits per heavy atom. The number of carbonyl (C=O) groups excluding carboxylic acids is 1. The summed E-state index contributed by atoms with van der Waals surface area (Å²) in [6.07, 6.45) is 0.547. The van der Waals surface area contributed by atoms with E-state index < -0.39 is 23.9 Å². The first-order valence-electron chi connectivity index (χ1n) is 12.0. The third-order valence-corrected chi connectivity index (χ3v) is 7.58. The Labute approximate surface area is 220 Å². The zero-order valence-electron chi connectivity index (χ0n) is 20.2. The van der Waals surface area contributed by atoms with Gasteiger partial charge in [-0.3, -0.25) is 4.79 Å². The lowest BCUT2D eigenvalue weighted by Gasteiger charge is -2.39. The van der Waals surface area contributed by atoms with Crippen molar-refractivity contribution in [2.45, 2.75) is 32.1 Å². The van der Waals surface area contributed by atoms with Gasteiger partial charge in [-0.15, -0.1) is 10.2 Å². The number of nitrogens with zero attached hydrogens (tertiary/aromatic N) is 7. The van der Waals surface area contributed by atoms with Crippen molar-refractivity contribution in [2.75, 3.05) is 31.1 Å². The van der Waals surface area contributed by atoms with Gasteiger partial charge in [0.25, 0.3) is 5.91 Å². The van der Waals surface area contributed by atoms with Crippen LogP contribution in [0.5, 0.6) is 11.5 Å². The van der Waals surface area contributed by atoms with Gasteiger partial charge >= 0.3 is 6.09 Å². The zero-order chi connectivity index (χ0) is 26.7. The molecule has 38 heavy (non-hydrogen) atoms. The van der Waals surface area contributed by atoms with Crippen LogP contribution in [0, 0.1) is 5.82 Å². The van der Waals surface area contributed by atoms with Gasteiger partial charge in [0.15, 0.2) is 11.6 Å². The van der Waals surface area contributed by atoms with E-state index in [0.29, 0.717) is 12.4 Å². The van der Waals surface area contributed by atoms with Crippen molar-refractivity contribution < 1.29 is 28.9 Å². The fourth-order valence-corrected chi connectivity index (χ4v) is 5.56. The molecule has 2 atom stereocenters. The van der Waals surface area contributed by atoms with Crippen LogP contribution >= 0.6 is 11.6 Å². The molecule has 2 amide bonds. The number of rotatable bonds is 2. The standard InChI is InChI=1S/C24H23ClFN7O5/c1-12-7-31-11-27-29-16(31)9-33(12)22-18-21(19(25)20(28-22)17-14(26)3-2-4-15(17)34)38-10-13-8-30(24(36)37)5-6-32(13)23(18)35/h2-4,11-13,34H,5-10H2,1H3,(H,36,37)/t12?,13-/m1/s1. The van der Waals surface area contributed by atoms with Crippen molar-refractivity contribution in [1.82, 2.24) is 29.5 Å². The Hall–Kier alpha value is -4.13. The Morgan fingerprint density at radius 3 is 2.79 bits per heavy atom. The van der Waals surface area contributed by atoms with Crippen LogP contribution in [-0.2, 0) is 13.1 Å². The third kappa shape index (κ3) is 3.76. The normalized spacial score (nSPS) is 20.8.